The summed E-state index contributed by atoms with van der Waals surface area (Å²) in [6, 6.07) is 16.8. The summed E-state index contributed by atoms with van der Waals surface area (Å²) in [6.45, 7) is 7.86. The highest BCUT2D eigenvalue weighted by Gasteiger charge is 2.32. The van der Waals surface area contributed by atoms with Gasteiger partial charge < -0.3 is 21.1 Å². The fourth-order valence-corrected chi connectivity index (χ4v) is 4.01. The van der Waals surface area contributed by atoms with Crippen molar-refractivity contribution in [2.45, 2.75) is 25.1 Å². The van der Waals surface area contributed by atoms with Gasteiger partial charge in [0, 0.05) is 0 Å². The first-order chi connectivity index (χ1) is 19.6. The van der Waals surface area contributed by atoms with Crippen molar-refractivity contribution < 1.29 is 27.1 Å². The zero-order chi connectivity index (χ0) is 29.6. The summed E-state index contributed by atoms with van der Waals surface area (Å²) >= 11 is 0. The molecule has 3 aromatic rings. The van der Waals surface area contributed by atoms with Crippen molar-refractivity contribution in [3.05, 3.63) is 107 Å². The van der Waals surface area contributed by atoms with E-state index in [1.807, 2.05) is 18.2 Å². The van der Waals surface area contributed by atoms with Gasteiger partial charge in [-0.2, -0.15) is 13.2 Å². The van der Waals surface area contributed by atoms with Gasteiger partial charge in [0.1, 0.15) is 23.0 Å². The molecule has 11 heteroatoms. The fourth-order valence-electron chi connectivity index (χ4n) is 4.01. The van der Waals surface area contributed by atoms with Gasteiger partial charge in [-0.05, 0) is 78.9 Å². The number of hydrogen-bond donors (Lipinski definition) is 3. The lowest BCUT2D eigenvalue weighted by Gasteiger charge is -2.21. The molecule has 1 atom stereocenters. The van der Waals surface area contributed by atoms with Gasteiger partial charge in [0.25, 0.3) is 5.91 Å². The van der Waals surface area contributed by atoms with E-state index in [1.165, 1.54) is 36.4 Å². The third-order valence-corrected chi connectivity index (χ3v) is 6.37. The summed E-state index contributed by atoms with van der Waals surface area (Å²) in [7, 11) is 1.55. The van der Waals surface area contributed by atoms with Crippen LogP contribution in [0.1, 0.15) is 30.0 Å². The zero-order valence-electron chi connectivity index (χ0n) is 22.0. The number of amides is 1. The maximum Gasteiger partial charge on any atom is 0.430 e. The van der Waals surface area contributed by atoms with Gasteiger partial charge in [0.15, 0.2) is 5.69 Å². The fraction of sp³-hybridized carbons (Fsp3) is 0.233. The molecule has 1 aliphatic rings. The van der Waals surface area contributed by atoms with Crippen LogP contribution in [0.3, 0.4) is 0 Å². The van der Waals surface area contributed by atoms with Crippen molar-refractivity contribution >= 4 is 28.7 Å². The molecule has 1 saturated carbocycles. The molecule has 7 nitrogen and oxygen atoms in total. The number of aliphatic imine (C=N–C) groups is 1. The Morgan fingerprint density at radius 3 is 2.56 bits per heavy atom. The van der Waals surface area contributed by atoms with Gasteiger partial charge in [-0.25, -0.2) is 14.2 Å². The van der Waals surface area contributed by atoms with E-state index in [0.29, 0.717) is 23.3 Å². The number of halogens is 4. The normalized spacial score (nSPS) is 14.7. The second-order valence-electron chi connectivity index (χ2n) is 9.48. The molecule has 3 aromatic carbocycles. The minimum Gasteiger partial charge on any atom is -0.497 e. The molecule has 1 unspecified atom stereocenters. The predicted octanol–water partition coefficient (Wildman–Crippen LogP) is 6.59. The number of benzene rings is 3. The monoisotopic (exact) mass is 565 g/mol. The highest BCUT2D eigenvalue weighted by atomic mass is 19.4. The van der Waals surface area contributed by atoms with Gasteiger partial charge in [-0.3, -0.25) is 4.79 Å². The van der Waals surface area contributed by atoms with Crippen molar-refractivity contribution in [2.75, 3.05) is 19.0 Å². The number of carbonyl (C=O) groups excluding carboxylic acids is 1. The number of methoxy groups -OCH3 is 1. The van der Waals surface area contributed by atoms with E-state index >= 15 is 0 Å². The van der Waals surface area contributed by atoms with E-state index < -0.39 is 29.3 Å². The Kier molecular flexibility index (Phi) is 9.04. The second-order valence-corrected chi connectivity index (χ2v) is 9.48. The Labute approximate surface area is 234 Å². The van der Waals surface area contributed by atoms with E-state index in [1.54, 1.807) is 19.2 Å². The largest absolute Gasteiger partial charge is 0.497 e. The molecule has 1 amide bonds. The van der Waals surface area contributed by atoms with E-state index in [0.717, 1.165) is 24.9 Å². The first-order valence-corrected chi connectivity index (χ1v) is 12.7. The number of hydrogen-bond acceptors (Lipinski definition) is 5. The lowest BCUT2D eigenvalue weighted by molar-refractivity contribution is -0.110. The highest BCUT2D eigenvalue weighted by Crippen LogP contribution is 2.32. The summed E-state index contributed by atoms with van der Waals surface area (Å²) in [5.41, 5.74) is 4.31. The number of rotatable bonds is 10. The van der Waals surface area contributed by atoms with Gasteiger partial charge >= 0.3 is 6.18 Å². The van der Waals surface area contributed by atoms with Gasteiger partial charge in [-0.15, -0.1) is 0 Å². The molecule has 0 spiro atoms. The van der Waals surface area contributed by atoms with Crippen LogP contribution in [0.2, 0.25) is 0 Å². The summed E-state index contributed by atoms with van der Waals surface area (Å²) in [5, 5.41) is 5.82. The molecule has 0 radical (unpaired) electrons. The number of nitrogens with two attached hydrogens (primary N) is 1. The van der Waals surface area contributed by atoms with E-state index in [9.17, 15) is 22.4 Å². The third-order valence-electron chi connectivity index (χ3n) is 6.37. The van der Waals surface area contributed by atoms with E-state index in [-0.39, 0.29) is 23.1 Å². The average Bonchev–Trinajstić information content (AvgIpc) is 3.78. The van der Waals surface area contributed by atoms with Crippen LogP contribution in [-0.2, 0) is 4.79 Å². The summed E-state index contributed by atoms with van der Waals surface area (Å²) < 4.78 is 59.9. The number of carbonyl (C=O) groups is 1. The maximum atomic E-state index is 14.9. The molecule has 212 valence electrons. The molecule has 0 bridgehead atoms. The number of anilines is 1. The molecule has 41 heavy (non-hydrogen) atoms. The molecule has 0 aromatic heterocycles. The molecule has 4 N–H and O–H groups in total. The molecule has 0 aliphatic heterocycles. The minimum absolute atomic E-state index is 0.0477. The van der Waals surface area contributed by atoms with Crippen LogP contribution >= 0.6 is 0 Å². The van der Waals surface area contributed by atoms with Crippen LogP contribution in [0.15, 0.2) is 83.5 Å². The number of alkyl halides is 3. The number of allylic oxidation sites excluding steroid dienone is 1. The smallest absolute Gasteiger partial charge is 0.430 e. The Balaban J connectivity index is 1.69. The van der Waals surface area contributed by atoms with Gasteiger partial charge in [0.05, 0.1) is 31.1 Å². The summed E-state index contributed by atoms with van der Waals surface area (Å²) in [6.07, 6.45) is -2.34. The lowest BCUT2D eigenvalue weighted by atomic mass is 9.97. The number of nitrogens with zero attached hydrogens (tertiary/aromatic N) is 2. The topological polar surface area (TPSA) is 93.1 Å². The first-order valence-electron chi connectivity index (χ1n) is 12.7. The van der Waals surface area contributed by atoms with Crippen LogP contribution in [-0.4, -0.2) is 31.4 Å². The number of nitrogens with one attached hydrogen (secondary N) is 2. The van der Waals surface area contributed by atoms with Crippen molar-refractivity contribution in [3.63, 3.8) is 0 Å². The first kappa shape index (κ1) is 29.3. The zero-order valence-corrected chi connectivity index (χ0v) is 22.0. The minimum atomic E-state index is -4.93. The van der Waals surface area contributed by atoms with Crippen LogP contribution in [0.25, 0.3) is 4.85 Å². The van der Waals surface area contributed by atoms with Crippen molar-refractivity contribution in [1.29, 1.82) is 0 Å². The standard InChI is InChI=1S/C30H27F4N5O2/c1-36-21-6-4-7-22(15-21)38-26(16-27(35)30(32,33)34)29(40)39-25-14-20(11-12-24(25)31)28(37-17-18-9-10-18)19-5-3-8-23(13-19)41-2/h3-8,11-16,18,28,37H,9-10,17,35H2,2H3,(H,39,40)/b27-16-,38-26?. The Morgan fingerprint density at radius 1 is 1.15 bits per heavy atom. The van der Waals surface area contributed by atoms with Crippen LogP contribution in [0.4, 0.5) is 34.6 Å². The van der Waals surface area contributed by atoms with Gasteiger partial charge in [0.2, 0.25) is 0 Å². The molecular weight excluding hydrogens is 538 g/mol. The Hall–Kier alpha value is -4.69. The molecule has 4 rings (SSSR count). The third kappa shape index (κ3) is 7.93. The molecule has 1 aliphatic carbocycles. The summed E-state index contributed by atoms with van der Waals surface area (Å²) in [4.78, 5) is 20.4. The van der Waals surface area contributed by atoms with E-state index in [4.69, 9.17) is 17.0 Å². The molecule has 0 heterocycles. The van der Waals surface area contributed by atoms with Crippen molar-refractivity contribution in [2.24, 2.45) is 16.6 Å². The summed E-state index contributed by atoms with van der Waals surface area (Å²) in [5.74, 6) is -0.747. The molecule has 0 saturated heterocycles. The number of ether oxygens (including phenoxy) is 1. The molecule has 1 fully saturated rings. The van der Waals surface area contributed by atoms with Crippen molar-refractivity contribution in [3.8, 4) is 5.75 Å². The SMILES string of the molecule is [C-]#[N+]c1cccc(N=C(/C=C(\N)C(F)(F)F)C(=O)Nc2cc(C(NCC3CC3)c3cccc(OC)c3)ccc2F)c1. The predicted molar refractivity (Wildman–Crippen MR) is 149 cm³/mol. The van der Waals surface area contributed by atoms with Crippen LogP contribution in [0.5, 0.6) is 5.75 Å². The highest BCUT2D eigenvalue weighted by molar-refractivity contribution is 6.47. The second kappa shape index (κ2) is 12.7. The average molecular weight is 566 g/mol. The lowest BCUT2D eigenvalue weighted by Crippen LogP contribution is -2.27. The van der Waals surface area contributed by atoms with E-state index in [2.05, 4.69) is 20.5 Å². The van der Waals surface area contributed by atoms with Crippen LogP contribution < -0.4 is 21.1 Å². The van der Waals surface area contributed by atoms with Gasteiger partial charge in [-0.1, -0.05) is 30.3 Å². The maximum absolute atomic E-state index is 14.9. The van der Waals surface area contributed by atoms with Crippen LogP contribution in [0, 0.1) is 18.3 Å². The molecular formula is C30H27F4N5O2. The quantitative estimate of drug-likeness (QED) is 0.147. The Bertz CT molecular complexity index is 1520. The van der Waals surface area contributed by atoms with Crippen molar-refractivity contribution in [1.82, 2.24) is 5.32 Å². The Morgan fingerprint density at radius 2 is 1.88 bits per heavy atom.